The van der Waals surface area contributed by atoms with Crippen molar-refractivity contribution in [1.29, 1.82) is 0 Å². The lowest BCUT2D eigenvalue weighted by Crippen LogP contribution is -2.27. The molecular formula is C9H11IN2O. The van der Waals surface area contributed by atoms with E-state index in [1.807, 2.05) is 24.3 Å². The van der Waals surface area contributed by atoms with Crippen LogP contribution in [0, 0.1) is 3.57 Å². The zero-order valence-electron chi connectivity index (χ0n) is 7.54. The molecule has 0 spiro atoms. The minimum Gasteiger partial charge on any atom is -0.331 e. The number of carbonyl (C=O) groups is 1. The Morgan fingerprint density at radius 2 is 2.15 bits per heavy atom. The highest BCUT2D eigenvalue weighted by atomic mass is 127. The second kappa shape index (κ2) is 4.45. The number of nitrogens with one attached hydrogen (secondary N) is 1. The number of halogens is 1. The van der Waals surface area contributed by atoms with Gasteiger partial charge in [0.25, 0.3) is 0 Å². The SMILES string of the molecule is CN(C)C(=O)Nc1cccc(I)c1. The molecule has 3 nitrogen and oxygen atoms in total. The Morgan fingerprint density at radius 1 is 1.46 bits per heavy atom. The summed E-state index contributed by atoms with van der Waals surface area (Å²) in [7, 11) is 3.42. The molecule has 0 aromatic heterocycles. The van der Waals surface area contributed by atoms with Crippen LogP contribution in [0.3, 0.4) is 0 Å². The largest absolute Gasteiger partial charge is 0.331 e. The van der Waals surface area contributed by atoms with Gasteiger partial charge < -0.3 is 10.2 Å². The van der Waals surface area contributed by atoms with E-state index in [9.17, 15) is 4.79 Å². The highest BCUT2D eigenvalue weighted by molar-refractivity contribution is 14.1. The van der Waals surface area contributed by atoms with Crippen molar-refractivity contribution < 1.29 is 4.79 Å². The smallest absolute Gasteiger partial charge is 0.321 e. The molecular weight excluding hydrogens is 279 g/mol. The molecule has 4 heteroatoms. The van der Waals surface area contributed by atoms with Crippen LogP contribution >= 0.6 is 22.6 Å². The molecule has 2 amide bonds. The summed E-state index contributed by atoms with van der Waals surface area (Å²) >= 11 is 2.20. The van der Waals surface area contributed by atoms with Crippen molar-refractivity contribution in [3.63, 3.8) is 0 Å². The molecule has 1 aromatic carbocycles. The lowest BCUT2D eigenvalue weighted by atomic mass is 10.3. The van der Waals surface area contributed by atoms with E-state index in [1.54, 1.807) is 14.1 Å². The number of anilines is 1. The Bertz CT molecular complexity index is 312. The fraction of sp³-hybridized carbons (Fsp3) is 0.222. The van der Waals surface area contributed by atoms with E-state index < -0.39 is 0 Å². The van der Waals surface area contributed by atoms with Gasteiger partial charge in [-0.25, -0.2) is 4.79 Å². The summed E-state index contributed by atoms with van der Waals surface area (Å²) in [5.41, 5.74) is 0.825. The van der Waals surface area contributed by atoms with E-state index in [1.165, 1.54) is 4.90 Å². The number of rotatable bonds is 1. The fourth-order valence-corrected chi connectivity index (χ4v) is 1.34. The predicted octanol–water partition coefficient (Wildman–Crippen LogP) is 2.38. The zero-order valence-corrected chi connectivity index (χ0v) is 9.70. The second-order valence-corrected chi connectivity index (χ2v) is 4.08. The predicted molar refractivity (Wildman–Crippen MR) is 61.9 cm³/mol. The molecule has 0 bridgehead atoms. The first kappa shape index (κ1) is 10.3. The molecule has 0 radical (unpaired) electrons. The molecule has 0 unspecified atom stereocenters. The number of carbonyl (C=O) groups excluding carboxylic acids is 1. The summed E-state index contributed by atoms with van der Waals surface area (Å²) in [6.07, 6.45) is 0. The highest BCUT2D eigenvalue weighted by Gasteiger charge is 2.02. The van der Waals surface area contributed by atoms with Gasteiger partial charge in [0, 0.05) is 23.4 Å². The Balaban J connectivity index is 2.69. The summed E-state index contributed by atoms with van der Waals surface area (Å²) in [6.45, 7) is 0. The van der Waals surface area contributed by atoms with Crippen molar-refractivity contribution >= 4 is 34.3 Å². The maximum Gasteiger partial charge on any atom is 0.321 e. The summed E-state index contributed by atoms with van der Waals surface area (Å²) < 4.78 is 1.11. The molecule has 0 aliphatic heterocycles. The number of hydrogen-bond donors (Lipinski definition) is 1. The van der Waals surface area contributed by atoms with Crippen LogP contribution in [0.4, 0.5) is 10.5 Å². The molecule has 1 N–H and O–H groups in total. The van der Waals surface area contributed by atoms with Gasteiger partial charge >= 0.3 is 6.03 Å². The van der Waals surface area contributed by atoms with Crippen LogP contribution in [-0.2, 0) is 0 Å². The standard InChI is InChI=1S/C9H11IN2O/c1-12(2)9(13)11-8-5-3-4-7(10)6-8/h3-6H,1-2H3,(H,11,13). The van der Waals surface area contributed by atoms with E-state index in [0.29, 0.717) is 0 Å². The number of nitrogens with zero attached hydrogens (tertiary/aromatic N) is 1. The Kier molecular flexibility index (Phi) is 3.53. The van der Waals surface area contributed by atoms with E-state index >= 15 is 0 Å². The lowest BCUT2D eigenvalue weighted by molar-refractivity contribution is 0.230. The van der Waals surface area contributed by atoms with Crippen molar-refractivity contribution in [1.82, 2.24) is 4.90 Å². The van der Waals surface area contributed by atoms with Crippen molar-refractivity contribution in [2.24, 2.45) is 0 Å². The van der Waals surface area contributed by atoms with Gasteiger partial charge in [0.05, 0.1) is 0 Å². The Morgan fingerprint density at radius 3 is 2.69 bits per heavy atom. The molecule has 0 saturated heterocycles. The minimum atomic E-state index is -0.109. The number of hydrogen-bond acceptors (Lipinski definition) is 1. The van der Waals surface area contributed by atoms with Crippen LogP contribution in [-0.4, -0.2) is 25.0 Å². The number of urea groups is 1. The van der Waals surface area contributed by atoms with Gasteiger partial charge in [-0.15, -0.1) is 0 Å². The van der Waals surface area contributed by atoms with Gasteiger partial charge in [-0.3, -0.25) is 0 Å². The van der Waals surface area contributed by atoms with Gasteiger partial charge in [-0.1, -0.05) is 6.07 Å². The Labute approximate surface area is 91.3 Å². The number of amides is 2. The zero-order chi connectivity index (χ0) is 9.84. The average Bonchev–Trinajstić information content (AvgIpc) is 2.04. The third kappa shape index (κ3) is 3.22. The van der Waals surface area contributed by atoms with Crippen LogP contribution in [0.2, 0.25) is 0 Å². The quantitative estimate of drug-likeness (QED) is 0.791. The van der Waals surface area contributed by atoms with E-state index in [-0.39, 0.29) is 6.03 Å². The van der Waals surface area contributed by atoms with E-state index in [0.717, 1.165) is 9.26 Å². The summed E-state index contributed by atoms with van der Waals surface area (Å²) in [5.74, 6) is 0. The number of benzene rings is 1. The van der Waals surface area contributed by atoms with E-state index in [2.05, 4.69) is 27.9 Å². The third-order valence-electron chi connectivity index (χ3n) is 1.48. The van der Waals surface area contributed by atoms with Gasteiger partial charge in [-0.05, 0) is 40.8 Å². The fourth-order valence-electron chi connectivity index (χ4n) is 0.802. The lowest BCUT2D eigenvalue weighted by Gasteiger charge is -2.11. The molecule has 70 valence electrons. The second-order valence-electron chi connectivity index (χ2n) is 2.83. The molecule has 1 aromatic rings. The maximum atomic E-state index is 11.2. The minimum absolute atomic E-state index is 0.109. The first-order valence-corrected chi connectivity index (χ1v) is 4.91. The molecule has 0 heterocycles. The van der Waals surface area contributed by atoms with Crippen molar-refractivity contribution in [3.8, 4) is 0 Å². The van der Waals surface area contributed by atoms with Crippen molar-refractivity contribution in [2.45, 2.75) is 0 Å². The Hall–Kier alpha value is -0.780. The van der Waals surface area contributed by atoms with Crippen molar-refractivity contribution in [3.05, 3.63) is 27.8 Å². The van der Waals surface area contributed by atoms with Crippen LogP contribution in [0.5, 0.6) is 0 Å². The molecule has 0 aliphatic rings. The van der Waals surface area contributed by atoms with Crippen LogP contribution < -0.4 is 5.32 Å². The van der Waals surface area contributed by atoms with Crippen LogP contribution in [0.15, 0.2) is 24.3 Å². The first-order valence-electron chi connectivity index (χ1n) is 3.83. The van der Waals surface area contributed by atoms with Gasteiger partial charge in [0.15, 0.2) is 0 Å². The van der Waals surface area contributed by atoms with Crippen molar-refractivity contribution in [2.75, 3.05) is 19.4 Å². The molecule has 0 atom stereocenters. The molecule has 1 rings (SSSR count). The monoisotopic (exact) mass is 290 g/mol. The maximum absolute atomic E-state index is 11.2. The normalized spacial score (nSPS) is 9.46. The van der Waals surface area contributed by atoms with Gasteiger partial charge in [0.2, 0.25) is 0 Å². The van der Waals surface area contributed by atoms with E-state index in [4.69, 9.17) is 0 Å². The third-order valence-corrected chi connectivity index (χ3v) is 2.15. The molecule has 13 heavy (non-hydrogen) atoms. The first-order chi connectivity index (χ1) is 6.09. The topological polar surface area (TPSA) is 32.3 Å². The van der Waals surface area contributed by atoms with Gasteiger partial charge in [-0.2, -0.15) is 0 Å². The van der Waals surface area contributed by atoms with Crippen LogP contribution in [0.25, 0.3) is 0 Å². The summed E-state index contributed by atoms with van der Waals surface area (Å²) in [4.78, 5) is 12.7. The van der Waals surface area contributed by atoms with Gasteiger partial charge in [0.1, 0.15) is 0 Å². The molecule has 0 fully saturated rings. The molecule has 0 aliphatic carbocycles. The summed E-state index contributed by atoms with van der Waals surface area (Å²) in [6, 6.07) is 7.56. The summed E-state index contributed by atoms with van der Waals surface area (Å²) in [5, 5.41) is 2.76. The average molecular weight is 290 g/mol. The molecule has 0 saturated carbocycles. The van der Waals surface area contributed by atoms with Crippen LogP contribution in [0.1, 0.15) is 0 Å². The highest BCUT2D eigenvalue weighted by Crippen LogP contribution is 2.12.